The van der Waals surface area contributed by atoms with Crippen molar-refractivity contribution in [2.75, 3.05) is 20.3 Å². The molecule has 1 fully saturated rings. The van der Waals surface area contributed by atoms with E-state index >= 15 is 0 Å². The zero-order valence-corrected chi connectivity index (χ0v) is 6.77. The van der Waals surface area contributed by atoms with Gasteiger partial charge in [0.15, 0.2) is 5.78 Å². The highest BCUT2D eigenvalue weighted by atomic mass is 19.3. The fraction of sp³-hybridized carbons (Fsp3) is 0.857. The Balaban J connectivity index is 2.41. The second kappa shape index (κ2) is 3.45. The van der Waals surface area contributed by atoms with Gasteiger partial charge in [-0.05, 0) is 0 Å². The number of hydrogen-bond acceptors (Lipinski definition) is 3. The van der Waals surface area contributed by atoms with Crippen molar-refractivity contribution in [3.05, 3.63) is 0 Å². The van der Waals surface area contributed by atoms with Gasteiger partial charge in [0.05, 0.1) is 12.6 Å². The summed E-state index contributed by atoms with van der Waals surface area (Å²) in [5.74, 6) is -3.05. The summed E-state index contributed by atoms with van der Waals surface area (Å²) in [6, 6.07) is -0.736. The maximum Gasteiger partial charge on any atom is 0.262 e. The lowest BCUT2D eigenvalue weighted by Crippen LogP contribution is -2.33. The van der Waals surface area contributed by atoms with Crippen LogP contribution >= 0.6 is 0 Å². The summed E-state index contributed by atoms with van der Waals surface area (Å²) in [7, 11) is 1.37. The fourth-order valence-corrected chi connectivity index (χ4v) is 1.19. The van der Waals surface area contributed by atoms with E-state index in [2.05, 4.69) is 10.1 Å². The van der Waals surface area contributed by atoms with E-state index in [0.29, 0.717) is 0 Å². The molecule has 1 saturated heterocycles. The molecular formula is C7H11F2NO2. The Labute approximate surface area is 69.1 Å². The number of ketones is 1. The van der Waals surface area contributed by atoms with Crippen LogP contribution in [0.25, 0.3) is 0 Å². The molecule has 0 radical (unpaired) electrons. The third-order valence-electron chi connectivity index (χ3n) is 1.79. The molecule has 70 valence electrons. The highest BCUT2D eigenvalue weighted by Crippen LogP contribution is 2.25. The lowest BCUT2D eigenvalue weighted by Gasteiger charge is -2.07. The Morgan fingerprint density at radius 2 is 2.42 bits per heavy atom. The first kappa shape index (κ1) is 9.54. The van der Waals surface area contributed by atoms with Gasteiger partial charge >= 0.3 is 0 Å². The van der Waals surface area contributed by atoms with Crippen LogP contribution in [-0.2, 0) is 9.53 Å². The number of hydrogen-bond donors (Lipinski definition) is 1. The van der Waals surface area contributed by atoms with E-state index in [9.17, 15) is 13.6 Å². The fourth-order valence-electron chi connectivity index (χ4n) is 1.19. The molecule has 0 aromatic heterocycles. The molecule has 1 atom stereocenters. The summed E-state index contributed by atoms with van der Waals surface area (Å²) in [6.45, 7) is -0.513. The van der Waals surface area contributed by atoms with Crippen molar-refractivity contribution in [2.45, 2.75) is 18.4 Å². The average Bonchev–Trinajstić information content (AvgIpc) is 2.31. The third kappa shape index (κ3) is 2.22. The molecule has 0 aliphatic carbocycles. The molecule has 1 aliphatic rings. The summed E-state index contributed by atoms with van der Waals surface area (Å²) in [4.78, 5) is 11.0. The Hall–Kier alpha value is -0.550. The Morgan fingerprint density at radius 1 is 1.75 bits per heavy atom. The Bertz CT molecular complexity index is 184. The lowest BCUT2D eigenvalue weighted by atomic mass is 10.1. The van der Waals surface area contributed by atoms with Gasteiger partial charge in [-0.25, -0.2) is 8.78 Å². The van der Waals surface area contributed by atoms with Crippen molar-refractivity contribution >= 4 is 5.78 Å². The van der Waals surface area contributed by atoms with Crippen molar-refractivity contribution in [2.24, 2.45) is 0 Å². The number of Topliss-reactive ketones (excluding diaryl/α,β-unsaturated/α-hetero) is 1. The van der Waals surface area contributed by atoms with Gasteiger partial charge in [0, 0.05) is 13.5 Å². The number of rotatable bonds is 3. The smallest absolute Gasteiger partial charge is 0.262 e. The first-order chi connectivity index (χ1) is 5.55. The predicted molar refractivity (Wildman–Crippen MR) is 38.2 cm³/mol. The van der Waals surface area contributed by atoms with Gasteiger partial charge in [0.1, 0.15) is 6.61 Å². The van der Waals surface area contributed by atoms with Crippen LogP contribution in [0, 0.1) is 0 Å². The molecule has 1 rings (SSSR count). The van der Waals surface area contributed by atoms with Gasteiger partial charge in [-0.15, -0.1) is 0 Å². The van der Waals surface area contributed by atoms with Crippen LogP contribution in [0.2, 0.25) is 0 Å². The van der Waals surface area contributed by atoms with E-state index in [1.54, 1.807) is 0 Å². The molecule has 1 unspecified atom stereocenters. The summed E-state index contributed by atoms with van der Waals surface area (Å²) in [5.41, 5.74) is 0. The molecule has 0 aromatic rings. The summed E-state index contributed by atoms with van der Waals surface area (Å²) in [6.07, 6.45) is -0.408. The maximum absolute atomic E-state index is 12.5. The lowest BCUT2D eigenvalue weighted by molar-refractivity contribution is -0.124. The van der Waals surface area contributed by atoms with E-state index in [0.717, 1.165) is 0 Å². The number of halogens is 2. The summed E-state index contributed by atoms with van der Waals surface area (Å²) < 4.78 is 29.6. The molecule has 0 amide bonds. The zero-order chi connectivity index (χ0) is 9.19. The van der Waals surface area contributed by atoms with Gasteiger partial charge in [-0.3, -0.25) is 4.79 Å². The minimum atomic E-state index is -2.74. The van der Waals surface area contributed by atoms with Gasteiger partial charge in [0.2, 0.25) is 0 Å². The van der Waals surface area contributed by atoms with E-state index in [4.69, 9.17) is 0 Å². The molecule has 12 heavy (non-hydrogen) atoms. The average molecular weight is 179 g/mol. The predicted octanol–water partition coefficient (Wildman–Crippen LogP) is 0.199. The molecule has 0 bridgehead atoms. The van der Waals surface area contributed by atoms with Gasteiger partial charge in [0.25, 0.3) is 5.92 Å². The van der Waals surface area contributed by atoms with Gasteiger partial charge < -0.3 is 10.1 Å². The van der Waals surface area contributed by atoms with Crippen molar-refractivity contribution < 1.29 is 18.3 Å². The van der Waals surface area contributed by atoms with Gasteiger partial charge in [-0.1, -0.05) is 0 Å². The van der Waals surface area contributed by atoms with E-state index in [1.165, 1.54) is 7.11 Å². The third-order valence-corrected chi connectivity index (χ3v) is 1.79. The summed E-state index contributed by atoms with van der Waals surface area (Å²) in [5, 5.41) is 2.45. The molecule has 5 heteroatoms. The van der Waals surface area contributed by atoms with Gasteiger partial charge in [-0.2, -0.15) is 0 Å². The molecule has 1 aliphatic heterocycles. The zero-order valence-electron chi connectivity index (χ0n) is 6.77. The quantitative estimate of drug-likeness (QED) is 0.672. The maximum atomic E-state index is 12.5. The minimum Gasteiger partial charge on any atom is -0.377 e. The topological polar surface area (TPSA) is 38.3 Å². The van der Waals surface area contributed by atoms with Crippen LogP contribution < -0.4 is 5.32 Å². The van der Waals surface area contributed by atoms with E-state index in [-0.39, 0.29) is 12.4 Å². The molecule has 0 spiro atoms. The van der Waals surface area contributed by atoms with Crippen LogP contribution in [0.15, 0.2) is 0 Å². The molecule has 0 aromatic carbocycles. The van der Waals surface area contributed by atoms with Crippen LogP contribution in [0.1, 0.15) is 6.42 Å². The first-order valence-electron chi connectivity index (χ1n) is 3.68. The summed E-state index contributed by atoms with van der Waals surface area (Å²) >= 11 is 0. The van der Waals surface area contributed by atoms with Crippen molar-refractivity contribution in [1.29, 1.82) is 0 Å². The van der Waals surface area contributed by atoms with Crippen molar-refractivity contribution in [3.8, 4) is 0 Å². The van der Waals surface area contributed by atoms with Crippen molar-refractivity contribution in [1.82, 2.24) is 5.32 Å². The SMILES string of the molecule is COCC(=O)C1CC(F)(F)CN1. The Kier molecular flexibility index (Phi) is 2.74. The highest BCUT2D eigenvalue weighted by Gasteiger charge is 2.41. The molecular weight excluding hydrogens is 168 g/mol. The second-order valence-electron chi connectivity index (χ2n) is 2.89. The standard InChI is InChI=1S/C7H11F2NO2/c1-12-3-6(11)5-2-7(8,9)4-10-5/h5,10H,2-4H2,1H3. The molecule has 0 saturated carbocycles. The largest absolute Gasteiger partial charge is 0.377 e. The van der Waals surface area contributed by atoms with E-state index in [1.807, 2.05) is 0 Å². The number of nitrogens with one attached hydrogen (secondary N) is 1. The van der Waals surface area contributed by atoms with Crippen LogP contribution in [0.5, 0.6) is 0 Å². The van der Waals surface area contributed by atoms with Crippen LogP contribution in [-0.4, -0.2) is 38.0 Å². The normalized spacial score (nSPS) is 27.4. The second-order valence-corrected chi connectivity index (χ2v) is 2.89. The number of methoxy groups -OCH3 is 1. The molecule has 1 N–H and O–H groups in total. The number of carbonyl (C=O) groups excluding carboxylic acids is 1. The van der Waals surface area contributed by atoms with Crippen LogP contribution in [0.4, 0.5) is 8.78 Å². The Morgan fingerprint density at radius 3 is 2.83 bits per heavy atom. The minimum absolute atomic E-state index is 0.103. The molecule has 3 nitrogen and oxygen atoms in total. The first-order valence-corrected chi connectivity index (χ1v) is 3.68. The molecule has 1 heterocycles. The number of alkyl halides is 2. The number of ether oxygens (including phenoxy) is 1. The highest BCUT2D eigenvalue weighted by molar-refractivity contribution is 5.85. The van der Waals surface area contributed by atoms with E-state index < -0.39 is 24.9 Å². The monoisotopic (exact) mass is 179 g/mol. The van der Waals surface area contributed by atoms with Crippen LogP contribution in [0.3, 0.4) is 0 Å². The number of carbonyl (C=O) groups is 1. The van der Waals surface area contributed by atoms with Crippen molar-refractivity contribution in [3.63, 3.8) is 0 Å².